The highest BCUT2D eigenvalue weighted by Gasteiger charge is 2.25. The lowest BCUT2D eigenvalue weighted by Gasteiger charge is -2.18. The van der Waals surface area contributed by atoms with E-state index in [4.69, 9.17) is 0 Å². The second-order valence-corrected chi connectivity index (χ2v) is 5.86. The van der Waals surface area contributed by atoms with Gasteiger partial charge in [-0.3, -0.25) is 9.52 Å². The molecule has 1 aromatic carbocycles. The van der Waals surface area contributed by atoms with Gasteiger partial charge in [-0.05, 0) is 18.1 Å². The molecule has 0 radical (unpaired) electrons. The van der Waals surface area contributed by atoms with Crippen molar-refractivity contribution in [3.63, 3.8) is 0 Å². The molecule has 6 heteroatoms. The van der Waals surface area contributed by atoms with Gasteiger partial charge in [-0.25, -0.2) is 8.42 Å². The molecule has 0 saturated heterocycles. The molecule has 0 fully saturated rings. The first kappa shape index (κ1) is 11.9. The number of nitrogens with zero attached hydrogens (tertiary/aromatic N) is 1. The number of carbonyl (C=O) groups is 1. The molecule has 0 aliphatic carbocycles. The van der Waals surface area contributed by atoms with Crippen LogP contribution < -0.4 is 9.62 Å². The quantitative estimate of drug-likeness (QED) is 0.855. The van der Waals surface area contributed by atoms with Crippen molar-refractivity contribution in [1.82, 2.24) is 0 Å². The molecule has 1 aliphatic heterocycles. The van der Waals surface area contributed by atoms with Crippen molar-refractivity contribution >= 4 is 27.3 Å². The van der Waals surface area contributed by atoms with Gasteiger partial charge in [-0.1, -0.05) is 12.1 Å². The molecule has 1 aromatic rings. The van der Waals surface area contributed by atoms with Crippen molar-refractivity contribution in [3.05, 3.63) is 23.8 Å². The van der Waals surface area contributed by atoms with Gasteiger partial charge in [0.05, 0.1) is 17.6 Å². The Morgan fingerprint density at radius 1 is 1.41 bits per heavy atom. The molecule has 5 nitrogen and oxygen atoms in total. The second kappa shape index (κ2) is 4.03. The van der Waals surface area contributed by atoms with Crippen molar-refractivity contribution in [2.24, 2.45) is 0 Å². The topological polar surface area (TPSA) is 66.5 Å². The second-order valence-electron chi connectivity index (χ2n) is 4.11. The van der Waals surface area contributed by atoms with E-state index >= 15 is 0 Å². The highest BCUT2D eigenvalue weighted by Crippen LogP contribution is 2.35. The number of fused-ring (bicyclic) bond motifs is 1. The fourth-order valence-electron chi connectivity index (χ4n) is 2.05. The minimum Gasteiger partial charge on any atom is -0.310 e. The maximum atomic E-state index is 11.5. The lowest BCUT2D eigenvalue weighted by molar-refractivity contribution is -0.116. The lowest BCUT2D eigenvalue weighted by Crippen LogP contribution is -2.27. The lowest BCUT2D eigenvalue weighted by atomic mass is 10.1. The van der Waals surface area contributed by atoms with Gasteiger partial charge in [0.2, 0.25) is 15.9 Å². The SMILES string of the molecule is CC(=O)N1CCc2cccc(NS(C)(=O)=O)c21. The molecule has 0 spiro atoms. The number of para-hydroxylation sites is 1. The third-order valence-corrected chi connectivity index (χ3v) is 3.26. The standard InChI is InChI=1S/C11H14N2O3S/c1-8(14)13-7-6-9-4-3-5-10(11(9)13)12-17(2,15)16/h3-5,12H,6-7H2,1-2H3. The summed E-state index contributed by atoms with van der Waals surface area (Å²) >= 11 is 0. The predicted molar refractivity (Wildman–Crippen MR) is 66.6 cm³/mol. The summed E-state index contributed by atoms with van der Waals surface area (Å²) in [5, 5.41) is 0. The summed E-state index contributed by atoms with van der Waals surface area (Å²) in [5.41, 5.74) is 2.15. The van der Waals surface area contributed by atoms with Gasteiger partial charge < -0.3 is 4.90 Å². The van der Waals surface area contributed by atoms with E-state index in [-0.39, 0.29) is 5.91 Å². The Kier molecular flexibility index (Phi) is 2.82. The summed E-state index contributed by atoms with van der Waals surface area (Å²) in [6, 6.07) is 5.36. The maximum Gasteiger partial charge on any atom is 0.229 e. The minimum atomic E-state index is -3.34. The number of hydrogen-bond donors (Lipinski definition) is 1. The van der Waals surface area contributed by atoms with E-state index in [1.54, 1.807) is 17.0 Å². The fourth-order valence-corrected chi connectivity index (χ4v) is 2.62. The Balaban J connectivity index is 2.49. The molecule has 1 amide bonds. The zero-order valence-electron chi connectivity index (χ0n) is 9.73. The van der Waals surface area contributed by atoms with Gasteiger partial charge in [-0.15, -0.1) is 0 Å². The number of benzene rings is 1. The predicted octanol–water partition coefficient (Wildman–Crippen LogP) is 0.967. The van der Waals surface area contributed by atoms with E-state index in [2.05, 4.69) is 4.72 Å². The van der Waals surface area contributed by atoms with Gasteiger partial charge in [0.1, 0.15) is 0 Å². The van der Waals surface area contributed by atoms with Gasteiger partial charge in [-0.2, -0.15) is 0 Å². The molecule has 92 valence electrons. The van der Waals surface area contributed by atoms with Crippen LogP contribution >= 0.6 is 0 Å². The normalized spacial score (nSPS) is 14.6. The summed E-state index contributed by atoms with van der Waals surface area (Å²) in [4.78, 5) is 13.1. The summed E-state index contributed by atoms with van der Waals surface area (Å²) < 4.78 is 25.0. The number of carbonyl (C=O) groups excluding carboxylic acids is 1. The first-order valence-corrected chi connectivity index (χ1v) is 7.15. The number of amides is 1. The van der Waals surface area contributed by atoms with Crippen LogP contribution in [0.3, 0.4) is 0 Å². The molecule has 0 atom stereocenters. The third kappa shape index (κ3) is 2.41. The van der Waals surface area contributed by atoms with E-state index in [1.807, 2.05) is 6.07 Å². The molecule has 17 heavy (non-hydrogen) atoms. The van der Waals surface area contributed by atoms with Crippen LogP contribution in [0.1, 0.15) is 12.5 Å². The largest absolute Gasteiger partial charge is 0.310 e. The Morgan fingerprint density at radius 3 is 2.71 bits per heavy atom. The molecule has 1 aliphatic rings. The first-order chi connectivity index (χ1) is 7.88. The van der Waals surface area contributed by atoms with Crippen molar-refractivity contribution in [2.75, 3.05) is 22.4 Å². The average molecular weight is 254 g/mol. The van der Waals surface area contributed by atoms with E-state index in [0.29, 0.717) is 17.9 Å². The van der Waals surface area contributed by atoms with Gasteiger partial charge >= 0.3 is 0 Å². The Labute approximate surface area is 100 Å². The van der Waals surface area contributed by atoms with Crippen LogP contribution in [-0.4, -0.2) is 27.1 Å². The number of nitrogens with one attached hydrogen (secondary N) is 1. The first-order valence-electron chi connectivity index (χ1n) is 5.26. The molecule has 0 bridgehead atoms. The zero-order valence-corrected chi connectivity index (χ0v) is 10.5. The molecule has 1 N–H and O–H groups in total. The fraction of sp³-hybridized carbons (Fsp3) is 0.364. The number of hydrogen-bond acceptors (Lipinski definition) is 3. The van der Waals surface area contributed by atoms with Crippen molar-refractivity contribution in [1.29, 1.82) is 0 Å². The summed E-state index contributed by atoms with van der Waals surface area (Å²) in [6.07, 6.45) is 1.85. The Bertz CT molecular complexity index is 566. The van der Waals surface area contributed by atoms with E-state index in [9.17, 15) is 13.2 Å². The Hall–Kier alpha value is -1.56. The van der Waals surface area contributed by atoms with E-state index < -0.39 is 10.0 Å². The van der Waals surface area contributed by atoms with Gasteiger partial charge in [0.15, 0.2) is 0 Å². The number of anilines is 2. The van der Waals surface area contributed by atoms with Crippen molar-refractivity contribution in [3.8, 4) is 0 Å². The molecular formula is C11H14N2O3S. The summed E-state index contributed by atoms with van der Waals surface area (Å²) in [5.74, 6) is -0.0773. The van der Waals surface area contributed by atoms with Crippen LogP contribution in [0.15, 0.2) is 18.2 Å². The van der Waals surface area contributed by atoms with Gasteiger partial charge in [0.25, 0.3) is 0 Å². The molecule has 1 heterocycles. The zero-order chi connectivity index (χ0) is 12.6. The monoisotopic (exact) mass is 254 g/mol. The smallest absolute Gasteiger partial charge is 0.229 e. The molecule has 0 aromatic heterocycles. The highest BCUT2D eigenvalue weighted by molar-refractivity contribution is 7.92. The van der Waals surface area contributed by atoms with Crippen LogP contribution in [-0.2, 0) is 21.2 Å². The van der Waals surface area contributed by atoms with Crippen LogP contribution in [0, 0.1) is 0 Å². The van der Waals surface area contributed by atoms with E-state index in [0.717, 1.165) is 18.2 Å². The van der Waals surface area contributed by atoms with Crippen LogP contribution in [0.4, 0.5) is 11.4 Å². The van der Waals surface area contributed by atoms with E-state index in [1.165, 1.54) is 6.92 Å². The highest BCUT2D eigenvalue weighted by atomic mass is 32.2. The number of sulfonamides is 1. The molecular weight excluding hydrogens is 240 g/mol. The van der Waals surface area contributed by atoms with Crippen LogP contribution in [0.25, 0.3) is 0 Å². The molecule has 2 rings (SSSR count). The maximum absolute atomic E-state index is 11.5. The third-order valence-electron chi connectivity index (χ3n) is 2.67. The average Bonchev–Trinajstić information content (AvgIpc) is 2.59. The number of rotatable bonds is 2. The summed E-state index contributed by atoms with van der Waals surface area (Å²) in [7, 11) is -3.34. The van der Waals surface area contributed by atoms with Crippen LogP contribution in [0.2, 0.25) is 0 Å². The van der Waals surface area contributed by atoms with Crippen molar-refractivity contribution < 1.29 is 13.2 Å². The van der Waals surface area contributed by atoms with Crippen molar-refractivity contribution in [2.45, 2.75) is 13.3 Å². The summed E-state index contributed by atoms with van der Waals surface area (Å²) in [6.45, 7) is 2.08. The van der Waals surface area contributed by atoms with Crippen LogP contribution in [0.5, 0.6) is 0 Å². The van der Waals surface area contributed by atoms with Gasteiger partial charge in [0, 0.05) is 13.5 Å². The minimum absolute atomic E-state index is 0.0773. The molecule has 0 saturated carbocycles. The Morgan fingerprint density at radius 2 is 2.12 bits per heavy atom. The molecule has 0 unspecified atom stereocenters.